The molecule has 6 nitrogen and oxygen atoms in total. The first-order chi connectivity index (χ1) is 15.1. The Morgan fingerprint density at radius 1 is 1.06 bits per heavy atom. The number of amides is 1. The first kappa shape index (κ1) is 23.6. The van der Waals surface area contributed by atoms with Gasteiger partial charge in [-0.3, -0.25) is 10.1 Å². The topological polar surface area (TPSA) is 81.4 Å². The third-order valence-electron chi connectivity index (χ3n) is 4.72. The van der Waals surface area contributed by atoms with Crippen LogP contribution in [0, 0.1) is 0 Å². The lowest BCUT2D eigenvalue weighted by Gasteiger charge is -2.18. The second kappa shape index (κ2) is 9.59. The van der Waals surface area contributed by atoms with Crippen LogP contribution in [0.5, 0.6) is 0 Å². The number of esters is 1. The minimum Gasteiger partial charge on any atom is -0.465 e. The zero-order valence-corrected chi connectivity index (χ0v) is 19.5. The highest BCUT2D eigenvalue weighted by Gasteiger charge is 2.28. The van der Waals surface area contributed by atoms with Crippen LogP contribution >= 0.6 is 23.2 Å². The smallest absolute Gasteiger partial charge is 0.345 e. The number of methoxy groups -OCH3 is 1. The number of hydrogen-bond donors (Lipinski definition) is 1. The Kier molecular flexibility index (Phi) is 7.06. The fourth-order valence-corrected chi connectivity index (χ4v) is 3.56. The van der Waals surface area contributed by atoms with E-state index in [9.17, 15) is 9.59 Å². The summed E-state index contributed by atoms with van der Waals surface area (Å²) < 4.78 is 10.1. The molecule has 0 aliphatic carbocycles. The van der Waals surface area contributed by atoms with E-state index in [2.05, 4.69) is 31.2 Å². The summed E-state index contributed by atoms with van der Waals surface area (Å²) >= 11 is 12.5. The largest absolute Gasteiger partial charge is 0.465 e. The van der Waals surface area contributed by atoms with Crippen molar-refractivity contribution in [2.24, 2.45) is 0 Å². The van der Waals surface area contributed by atoms with Gasteiger partial charge in [-0.2, -0.15) is 0 Å². The zero-order chi connectivity index (χ0) is 23.5. The number of ether oxygens (including phenoxy) is 1. The Bertz CT molecular complexity index is 1160. The van der Waals surface area contributed by atoms with Gasteiger partial charge in [-0.25, -0.2) is 4.79 Å². The molecule has 1 aromatic heterocycles. The van der Waals surface area contributed by atoms with Crippen LogP contribution in [0.2, 0.25) is 10.0 Å². The van der Waals surface area contributed by atoms with Crippen molar-refractivity contribution in [3.05, 3.63) is 75.3 Å². The van der Waals surface area contributed by atoms with Gasteiger partial charge in [-0.05, 0) is 34.8 Å². The maximum Gasteiger partial charge on any atom is 0.345 e. The highest BCUT2D eigenvalue weighted by molar-refractivity contribution is 6.39. The summed E-state index contributed by atoms with van der Waals surface area (Å²) in [6, 6.07) is 12.8. The molecule has 3 aromatic rings. The van der Waals surface area contributed by atoms with Gasteiger partial charge in [-0.15, -0.1) is 0 Å². The lowest BCUT2D eigenvalue weighted by molar-refractivity contribution is -0.112. The number of carbonyl (C=O) groups excluding carboxylic acids is 2. The predicted molar refractivity (Wildman–Crippen MR) is 126 cm³/mol. The molecule has 0 aliphatic heterocycles. The van der Waals surface area contributed by atoms with Crippen LogP contribution in [0.4, 0.5) is 5.88 Å². The average molecular weight is 473 g/mol. The van der Waals surface area contributed by atoms with Gasteiger partial charge in [0.1, 0.15) is 5.69 Å². The fraction of sp³-hybridized carbons (Fsp3) is 0.208. The molecule has 32 heavy (non-hydrogen) atoms. The van der Waals surface area contributed by atoms with Gasteiger partial charge in [0.2, 0.25) is 5.88 Å². The highest BCUT2D eigenvalue weighted by Crippen LogP contribution is 2.38. The first-order valence-electron chi connectivity index (χ1n) is 9.73. The molecule has 1 heterocycles. The molecule has 8 heteroatoms. The van der Waals surface area contributed by atoms with E-state index in [1.165, 1.54) is 18.7 Å². The second-order valence-electron chi connectivity index (χ2n) is 8.02. The Morgan fingerprint density at radius 3 is 2.25 bits per heavy atom. The first-order valence-corrected chi connectivity index (χ1v) is 10.5. The Labute approximate surface area is 196 Å². The van der Waals surface area contributed by atoms with Crippen molar-refractivity contribution >= 4 is 47.0 Å². The summed E-state index contributed by atoms with van der Waals surface area (Å²) in [5, 5.41) is 6.96. The van der Waals surface area contributed by atoms with Crippen LogP contribution in [0.1, 0.15) is 42.3 Å². The van der Waals surface area contributed by atoms with Crippen LogP contribution < -0.4 is 5.32 Å². The van der Waals surface area contributed by atoms with Gasteiger partial charge in [0.15, 0.2) is 5.56 Å². The maximum absolute atomic E-state index is 12.5. The van der Waals surface area contributed by atoms with Crippen molar-refractivity contribution in [3.8, 4) is 11.3 Å². The molecule has 0 saturated carbocycles. The number of hydrogen-bond acceptors (Lipinski definition) is 5. The van der Waals surface area contributed by atoms with E-state index >= 15 is 0 Å². The number of aromatic nitrogens is 1. The van der Waals surface area contributed by atoms with Crippen molar-refractivity contribution in [1.82, 2.24) is 5.16 Å². The van der Waals surface area contributed by atoms with E-state index in [0.29, 0.717) is 5.56 Å². The molecule has 0 unspecified atom stereocenters. The second-order valence-corrected chi connectivity index (χ2v) is 8.83. The molecule has 0 bridgehead atoms. The van der Waals surface area contributed by atoms with Crippen LogP contribution in [0.25, 0.3) is 17.3 Å². The van der Waals surface area contributed by atoms with Gasteiger partial charge in [0, 0.05) is 11.6 Å². The van der Waals surface area contributed by atoms with Crippen molar-refractivity contribution in [2.75, 3.05) is 12.4 Å². The van der Waals surface area contributed by atoms with Crippen LogP contribution in [0.15, 0.2) is 53.1 Å². The number of benzene rings is 2. The SMILES string of the molecule is COC(=O)c1c(-c2c(Cl)cccc2Cl)noc1NC(=O)/C=C/c1ccc(C(C)(C)C)cc1. The summed E-state index contributed by atoms with van der Waals surface area (Å²) in [5.41, 5.74) is 2.37. The minimum atomic E-state index is -0.755. The van der Waals surface area contributed by atoms with Crippen LogP contribution in [-0.4, -0.2) is 24.1 Å². The highest BCUT2D eigenvalue weighted by atomic mass is 35.5. The summed E-state index contributed by atoms with van der Waals surface area (Å²) in [4.78, 5) is 24.9. The molecule has 0 aliphatic rings. The zero-order valence-electron chi connectivity index (χ0n) is 18.0. The van der Waals surface area contributed by atoms with Crippen molar-refractivity contribution in [2.45, 2.75) is 26.2 Å². The molecule has 0 spiro atoms. The van der Waals surface area contributed by atoms with Crippen LogP contribution in [-0.2, 0) is 14.9 Å². The molecular formula is C24H22Cl2N2O4. The number of carbonyl (C=O) groups is 2. The van der Waals surface area contributed by atoms with E-state index in [4.69, 9.17) is 32.5 Å². The molecule has 0 radical (unpaired) electrons. The normalized spacial score (nSPS) is 11.6. The lowest BCUT2D eigenvalue weighted by Crippen LogP contribution is -2.12. The van der Waals surface area contributed by atoms with Gasteiger partial charge in [0.25, 0.3) is 5.91 Å². The van der Waals surface area contributed by atoms with Gasteiger partial charge in [-0.1, -0.05) is 79.5 Å². The summed E-state index contributed by atoms with van der Waals surface area (Å²) in [6.45, 7) is 6.39. The van der Waals surface area contributed by atoms with Crippen molar-refractivity contribution in [3.63, 3.8) is 0 Å². The number of rotatable bonds is 5. The standard InChI is InChI=1S/C24H22Cl2N2O4/c1-24(2,3)15-11-8-14(9-12-15)10-13-18(29)27-22-20(23(30)31-4)21(28-32-22)19-16(25)6-5-7-17(19)26/h5-13H,1-4H3,(H,27,29)/b13-10+. The van der Waals surface area contributed by atoms with Gasteiger partial charge in [0.05, 0.1) is 17.2 Å². The van der Waals surface area contributed by atoms with Crippen molar-refractivity contribution in [1.29, 1.82) is 0 Å². The number of nitrogens with zero attached hydrogens (tertiary/aromatic N) is 1. The Morgan fingerprint density at radius 2 is 1.69 bits per heavy atom. The summed E-state index contributed by atoms with van der Waals surface area (Å²) in [5.74, 6) is -1.43. The third-order valence-corrected chi connectivity index (χ3v) is 5.35. The Balaban J connectivity index is 1.86. The minimum absolute atomic E-state index is 0.0401. The maximum atomic E-state index is 12.5. The van der Waals surface area contributed by atoms with E-state index < -0.39 is 11.9 Å². The summed E-state index contributed by atoms with van der Waals surface area (Å²) in [7, 11) is 1.21. The third kappa shape index (κ3) is 5.21. The number of nitrogens with one attached hydrogen (secondary N) is 1. The molecule has 166 valence electrons. The number of anilines is 1. The molecular weight excluding hydrogens is 451 g/mol. The van der Waals surface area contributed by atoms with Crippen LogP contribution in [0.3, 0.4) is 0 Å². The van der Waals surface area contributed by atoms with Gasteiger partial charge >= 0.3 is 5.97 Å². The van der Waals surface area contributed by atoms with E-state index in [1.54, 1.807) is 24.3 Å². The molecule has 2 aromatic carbocycles. The van der Waals surface area contributed by atoms with E-state index in [0.717, 1.165) is 5.56 Å². The Hall–Kier alpha value is -3.09. The lowest BCUT2D eigenvalue weighted by atomic mass is 9.87. The molecule has 0 saturated heterocycles. The van der Waals surface area contributed by atoms with Gasteiger partial charge < -0.3 is 9.26 Å². The van der Waals surface area contributed by atoms with Crippen molar-refractivity contribution < 1.29 is 18.8 Å². The monoisotopic (exact) mass is 472 g/mol. The molecule has 0 atom stereocenters. The molecule has 3 rings (SSSR count). The number of halogens is 2. The summed E-state index contributed by atoms with van der Waals surface area (Å²) in [6.07, 6.45) is 2.99. The molecule has 1 amide bonds. The quantitative estimate of drug-likeness (QED) is 0.343. The molecule has 0 fully saturated rings. The molecule has 1 N–H and O–H groups in total. The fourth-order valence-electron chi connectivity index (χ4n) is 2.98. The van der Waals surface area contributed by atoms with E-state index in [-0.39, 0.29) is 32.6 Å². The average Bonchev–Trinajstić information content (AvgIpc) is 3.14. The predicted octanol–water partition coefficient (Wildman–Crippen LogP) is 6.38. The van der Waals surface area contributed by atoms with E-state index in [1.807, 2.05) is 24.3 Å².